The lowest BCUT2D eigenvalue weighted by Crippen LogP contribution is -2.51. The van der Waals surface area contributed by atoms with Crippen LogP contribution in [-0.2, 0) is 0 Å². The van der Waals surface area contributed by atoms with Gasteiger partial charge in [-0.2, -0.15) is 0 Å². The van der Waals surface area contributed by atoms with Gasteiger partial charge in [-0.1, -0.05) is 20.8 Å². The molecule has 0 bridgehead atoms. The molecule has 1 saturated carbocycles. The van der Waals surface area contributed by atoms with E-state index in [0.29, 0.717) is 6.54 Å². The fraction of sp³-hybridized carbons (Fsp3) is 0.833. The van der Waals surface area contributed by atoms with Gasteiger partial charge in [0.2, 0.25) is 0 Å². The summed E-state index contributed by atoms with van der Waals surface area (Å²) in [5.41, 5.74) is 10.3. The van der Waals surface area contributed by atoms with Gasteiger partial charge in [0, 0.05) is 12.6 Å². The molecule has 1 fully saturated rings. The van der Waals surface area contributed by atoms with Gasteiger partial charge in [0.25, 0.3) is 0 Å². The zero-order valence-corrected chi connectivity index (χ0v) is 11.4. The van der Waals surface area contributed by atoms with E-state index in [9.17, 15) is 9.59 Å². The van der Waals surface area contributed by atoms with Crippen molar-refractivity contribution in [3.8, 4) is 0 Å². The minimum atomic E-state index is -0.515. The molecule has 2 unspecified atom stereocenters. The van der Waals surface area contributed by atoms with E-state index in [0.717, 1.165) is 19.3 Å². The van der Waals surface area contributed by atoms with Gasteiger partial charge in [0.05, 0.1) is 0 Å². The highest BCUT2D eigenvalue weighted by atomic mass is 16.2. The van der Waals surface area contributed by atoms with Crippen LogP contribution in [0.2, 0.25) is 0 Å². The number of hydrogen-bond acceptors (Lipinski definition) is 2. The first-order chi connectivity index (χ1) is 8.12. The SMILES string of the molecule is CC1(C)CC(NC(N)=O)CC(C)(CNC(N)=O)C1. The molecule has 0 aromatic carbocycles. The first-order valence-corrected chi connectivity index (χ1v) is 6.21. The lowest BCUT2D eigenvalue weighted by molar-refractivity contribution is 0.0757. The van der Waals surface area contributed by atoms with Crippen molar-refractivity contribution in [2.24, 2.45) is 22.3 Å². The maximum Gasteiger partial charge on any atom is 0.312 e. The van der Waals surface area contributed by atoms with Crippen LogP contribution in [0.25, 0.3) is 0 Å². The van der Waals surface area contributed by atoms with E-state index in [1.54, 1.807) is 0 Å². The number of nitrogens with one attached hydrogen (secondary N) is 2. The van der Waals surface area contributed by atoms with Crippen molar-refractivity contribution in [3.63, 3.8) is 0 Å². The topological polar surface area (TPSA) is 110 Å². The smallest absolute Gasteiger partial charge is 0.312 e. The number of carbonyl (C=O) groups excluding carboxylic acids is 2. The molecule has 0 aliphatic heterocycles. The Morgan fingerprint density at radius 1 is 1.17 bits per heavy atom. The summed E-state index contributed by atoms with van der Waals surface area (Å²) in [6, 6.07) is -0.965. The summed E-state index contributed by atoms with van der Waals surface area (Å²) in [6.45, 7) is 6.93. The first-order valence-electron chi connectivity index (χ1n) is 6.21. The fourth-order valence-corrected chi connectivity index (χ4v) is 3.37. The Hall–Kier alpha value is -1.46. The maximum absolute atomic E-state index is 11.0. The molecule has 1 aliphatic carbocycles. The average Bonchev–Trinajstić information content (AvgIpc) is 2.10. The molecule has 18 heavy (non-hydrogen) atoms. The molecule has 0 spiro atoms. The van der Waals surface area contributed by atoms with Gasteiger partial charge in [0.1, 0.15) is 0 Å². The van der Waals surface area contributed by atoms with E-state index in [2.05, 4.69) is 31.4 Å². The molecule has 6 nitrogen and oxygen atoms in total. The first kappa shape index (κ1) is 14.6. The molecule has 0 saturated heterocycles. The van der Waals surface area contributed by atoms with Crippen molar-refractivity contribution in [2.75, 3.05) is 6.54 Å². The Kier molecular flexibility index (Phi) is 4.09. The van der Waals surface area contributed by atoms with Crippen LogP contribution in [0.1, 0.15) is 40.0 Å². The molecule has 0 aromatic heterocycles. The van der Waals surface area contributed by atoms with Gasteiger partial charge in [-0.25, -0.2) is 9.59 Å². The van der Waals surface area contributed by atoms with E-state index < -0.39 is 12.1 Å². The van der Waals surface area contributed by atoms with E-state index in [1.807, 2.05) is 0 Å². The van der Waals surface area contributed by atoms with Gasteiger partial charge in [-0.05, 0) is 30.1 Å². The number of amides is 4. The van der Waals surface area contributed by atoms with Gasteiger partial charge in [-0.15, -0.1) is 0 Å². The summed E-state index contributed by atoms with van der Waals surface area (Å²) in [7, 11) is 0. The molecule has 0 heterocycles. The highest BCUT2D eigenvalue weighted by Gasteiger charge is 2.41. The highest BCUT2D eigenvalue weighted by Crippen LogP contribution is 2.45. The van der Waals surface area contributed by atoms with Crippen molar-refractivity contribution in [3.05, 3.63) is 0 Å². The summed E-state index contributed by atoms with van der Waals surface area (Å²) in [5, 5.41) is 5.44. The number of rotatable bonds is 3. The Morgan fingerprint density at radius 3 is 2.28 bits per heavy atom. The second-order valence-corrected chi connectivity index (χ2v) is 6.48. The number of nitrogens with two attached hydrogens (primary N) is 2. The van der Waals surface area contributed by atoms with Gasteiger partial charge >= 0.3 is 12.1 Å². The normalized spacial score (nSPS) is 30.5. The monoisotopic (exact) mass is 256 g/mol. The van der Waals surface area contributed by atoms with Gasteiger partial charge in [0.15, 0.2) is 0 Å². The predicted octanol–water partition coefficient (Wildman–Crippen LogP) is 0.908. The molecule has 1 rings (SSSR count). The molecule has 4 amide bonds. The van der Waals surface area contributed by atoms with Crippen LogP contribution in [0.4, 0.5) is 9.59 Å². The minimum Gasteiger partial charge on any atom is -0.352 e. The van der Waals surface area contributed by atoms with Crippen molar-refractivity contribution >= 4 is 12.1 Å². The third-order valence-electron chi connectivity index (χ3n) is 3.48. The largest absolute Gasteiger partial charge is 0.352 e. The van der Waals surface area contributed by atoms with E-state index >= 15 is 0 Å². The maximum atomic E-state index is 11.0. The third-order valence-corrected chi connectivity index (χ3v) is 3.48. The lowest BCUT2D eigenvalue weighted by atomic mass is 9.62. The number of carbonyl (C=O) groups is 2. The zero-order chi connectivity index (χ0) is 14.0. The summed E-state index contributed by atoms with van der Waals surface area (Å²) >= 11 is 0. The van der Waals surface area contributed by atoms with Gasteiger partial charge < -0.3 is 22.1 Å². The van der Waals surface area contributed by atoms with Crippen molar-refractivity contribution in [2.45, 2.75) is 46.1 Å². The highest BCUT2D eigenvalue weighted by molar-refractivity contribution is 5.72. The van der Waals surface area contributed by atoms with E-state index in [-0.39, 0.29) is 16.9 Å². The van der Waals surface area contributed by atoms with Crippen LogP contribution < -0.4 is 22.1 Å². The van der Waals surface area contributed by atoms with E-state index in [1.165, 1.54) is 0 Å². The fourth-order valence-electron chi connectivity index (χ4n) is 3.37. The van der Waals surface area contributed by atoms with Crippen LogP contribution in [0.15, 0.2) is 0 Å². The Bertz CT molecular complexity index is 343. The number of primary amides is 2. The zero-order valence-electron chi connectivity index (χ0n) is 11.4. The van der Waals surface area contributed by atoms with Gasteiger partial charge in [-0.3, -0.25) is 0 Å². The summed E-state index contributed by atoms with van der Waals surface area (Å²) in [5.74, 6) is 0. The quantitative estimate of drug-likeness (QED) is 0.601. The molecular weight excluding hydrogens is 232 g/mol. The summed E-state index contributed by atoms with van der Waals surface area (Å²) in [6.07, 6.45) is 2.65. The number of urea groups is 2. The summed E-state index contributed by atoms with van der Waals surface area (Å²) in [4.78, 5) is 21.8. The molecular formula is C12H24N4O2. The van der Waals surface area contributed by atoms with Crippen LogP contribution in [0, 0.1) is 10.8 Å². The van der Waals surface area contributed by atoms with E-state index in [4.69, 9.17) is 11.5 Å². The van der Waals surface area contributed by atoms with Crippen LogP contribution in [0.5, 0.6) is 0 Å². The molecule has 1 aliphatic rings. The average molecular weight is 256 g/mol. The lowest BCUT2D eigenvalue weighted by Gasteiger charge is -2.46. The molecule has 0 aromatic rings. The minimum absolute atomic E-state index is 0.0472. The second-order valence-electron chi connectivity index (χ2n) is 6.48. The molecule has 104 valence electrons. The van der Waals surface area contributed by atoms with Crippen LogP contribution >= 0.6 is 0 Å². The predicted molar refractivity (Wildman–Crippen MR) is 69.8 cm³/mol. The number of hydrogen-bond donors (Lipinski definition) is 4. The van der Waals surface area contributed by atoms with Crippen molar-refractivity contribution < 1.29 is 9.59 Å². The Labute approximate surface area is 108 Å². The molecule has 6 N–H and O–H groups in total. The van der Waals surface area contributed by atoms with Crippen LogP contribution in [-0.4, -0.2) is 24.6 Å². The van der Waals surface area contributed by atoms with Crippen molar-refractivity contribution in [1.82, 2.24) is 10.6 Å². The molecule has 0 radical (unpaired) electrons. The third kappa shape index (κ3) is 4.43. The molecule has 2 atom stereocenters. The molecule has 6 heteroatoms. The Balaban J connectivity index is 2.72. The summed E-state index contributed by atoms with van der Waals surface area (Å²) < 4.78 is 0. The van der Waals surface area contributed by atoms with Crippen LogP contribution in [0.3, 0.4) is 0 Å². The second kappa shape index (κ2) is 5.04. The standard InChI is InChI=1S/C12H24N4O2/c1-11(2)4-8(16-10(14)18)5-12(3,6-11)7-15-9(13)17/h8H,4-7H2,1-3H3,(H3,13,15,17)(H3,14,16,18). The Morgan fingerprint density at radius 2 is 1.78 bits per heavy atom. The van der Waals surface area contributed by atoms with Crippen molar-refractivity contribution in [1.29, 1.82) is 0 Å².